The molecule has 4 rings (SSSR count). The van der Waals surface area contributed by atoms with E-state index in [1.54, 1.807) is 0 Å². The molecule has 29 heavy (non-hydrogen) atoms. The topological polar surface area (TPSA) is 84.4 Å². The Bertz CT molecular complexity index is 1050. The van der Waals surface area contributed by atoms with Crippen molar-refractivity contribution in [1.29, 1.82) is 0 Å². The SMILES string of the molecule is O=S(=O)(Cc1ccccc1CNc1nc(-c2ccccc2)ns1)N1CCOCC1. The van der Waals surface area contributed by atoms with E-state index in [1.807, 2.05) is 54.6 Å². The van der Waals surface area contributed by atoms with Crippen molar-refractivity contribution in [2.24, 2.45) is 0 Å². The minimum absolute atomic E-state index is 0.0176. The van der Waals surface area contributed by atoms with Crippen LogP contribution in [0.4, 0.5) is 5.13 Å². The van der Waals surface area contributed by atoms with Crippen molar-refractivity contribution < 1.29 is 13.2 Å². The number of morpholine rings is 1. The van der Waals surface area contributed by atoms with Crippen molar-refractivity contribution in [3.63, 3.8) is 0 Å². The van der Waals surface area contributed by atoms with Crippen LogP contribution in [-0.2, 0) is 27.1 Å². The Morgan fingerprint density at radius 1 is 1.00 bits per heavy atom. The first kappa shape index (κ1) is 20.0. The second-order valence-corrected chi connectivity index (χ2v) is 9.40. The van der Waals surface area contributed by atoms with Crippen molar-refractivity contribution in [3.8, 4) is 11.4 Å². The molecule has 1 N–H and O–H groups in total. The van der Waals surface area contributed by atoms with Crippen LogP contribution < -0.4 is 5.32 Å². The molecular weight excluding hydrogens is 408 g/mol. The zero-order valence-corrected chi connectivity index (χ0v) is 17.5. The molecule has 1 aromatic heterocycles. The van der Waals surface area contributed by atoms with Crippen molar-refractivity contribution in [3.05, 3.63) is 65.7 Å². The lowest BCUT2D eigenvalue weighted by Gasteiger charge is -2.26. The third-order valence-electron chi connectivity index (χ3n) is 4.71. The van der Waals surface area contributed by atoms with Crippen LogP contribution >= 0.6 is 11.5 Å². The highest BCUT2D eigenvalue weighted by Gasteiger charge is 2.25. The average molecular weight is 431 g/mol. The summed E-state index contributed by atoms with van der Waals surface area (Å²) < 4.78 is 36.7. The molecule has 0 radical (unpaired) electrons. The molecule has 0 aliphatic carbocycles. The first-order chi connectivity index (χ1) is 14.1. The molecule has 3 aromatic rings. The number of hydrogen-bond donors (Lipinski definition) is 1. The molecule has 1 aliphatic heterocycles. The molecule has 2 heterocycles. The lowest BCUT2D eigenvalue weighted by molar-refractivity contribution is 0.0729. The molecule has 1 fully saturated rings. The highest BCUT2D eigenvalue weighted by atomic mass is 32.2. The highest BCUT2D eigenvalue weighted by molar-refractivity contribution is 7.88. The number of anilines is 1. The fraction of sp³-hybridized carbons (Fsp3) is 0.300. The molecule has 0 saturated carbocycles. The summed E-state index contributed by atoms with van der Waals surface area (Å²) in [6.07, 6.45) is 0. The molecule has 152 valence electrons. The Morgan fingerprint density at radius 2 is 1.69 bits per heavy atom. The molecule has 9 heteroatoms. The number of aromatic nitrogens is 2. The van der Waals surface area contributed by atoms with Gasteiger partial charge in [0.15, 0.2) is 5.82 Å². The number of benzene rings is 2. The molecule has 1 saturated heterocycles. The minimum atomic E-state index is -3.37. The average Bonchev–Trinajstić information content (AvgIpc) is 3.23. The Hall–Kier alpha value is -2.33. The second-order valence-electron chi connectivity index (χ2n) is 6.68. The van der Waals surface area contributed by atoms with Gasteiger partial charge in [-0.2, -0.15) is 13.7 Å². The van der Waals surface area contributed by atoms with Crippen LogP contribution in [0.1, 0.15) is 11.1 Å². The smallest absolute Gasteiger partial charge is 0.218 e. The minimum Gasteiger partial charge on any atom is -0.379 e. The van der Waals surface area contributed by atoms with E-state index in [-0.39, 0.29) is 5.75 Å². The maximum atomic E-state index is 12.8. The van der Waals surface area contributed by atoms with E-state index in [0.29, 0.717) is 43.8 Å². The Morgan fingerprint density at radius 3 is 2.45 bits per heavy atom. The van der Waals surface area contributed by atoms with Gasteiger partial charge in [0, 0.05) is 36.7 Å². The third-order valence-corrected chi connectivity index (χ3v) is 7.21. The van der Waals surface area contributed by atoms with Gasteiger partial charge in [-0.1, -0.05) is 54.6 Å². The van der Waals surface area contributed by atoms with Crippen molar-refractivity contribution in [1.82, 2.24) is 13.7 Å². The van der Waals surface area contributed by atoms with Gasteiger partial charge < -0.3 is 10.1 Å². The fourth-order valence-electron chi connectivity index (χ4n) is 3.15. The summed E-state index contributed by atoms with van der Waals surface area (Å²) in [5, 5.41) is 3.98. The molecule has 1 aliphatic rings. The summed E-state index contributed by atoms with van der Waals surface area (Å²) in [5.41, 5.74) is 2.69. The van der Waals surface area contributed by atoms with Gasteiger partial charge in [-0.15, -0.1) is 0 Å². The van der Waals surface area contributed by atoms with Crippen molar-refractivity contribution >= 4 is 26.7 Å². The molecule has 0 bridgehead atoms. The molecule has 0 spiro atoms. The maximum Gasteiger partial charge on any atom is 0.218 e. The predicted octanol–water partition coefficient (Wildman–Crippen LogP) is 2.98. The van der Waals surface area contributed by atoms with Crippen LogP contribution in [0.5, 0.6) is 0 Å². The molecule has 2 aromatic carbocycles. The van der Waals surface area contributed by atoms with E-state index >= 15 is 0 Å². The highest BCUT2D eigenvalue weighted by Crippen LogP contribution is 2.22. The Balaban J connectivity index is 1.44. The second kappa shape index (κ2) is 9.00. The van der Waals surface area contributed by atoms with Gasteiger partial charge in [-0.05, 0) is 11.1 Å². The van der Waals surface area contributed by atoms with E-state index in [0.717, 1.165) is 16.7 Å². The Labute approximate surface area is 174 Å². The molecule has 7 nitrogen and oxygen atoms in total. The molecule has 0 atom stereocenters. The quantitative estimate of drug-likeness (QED) is 0.620. The Kier molecular flexibility index (Phi) is 6.19. The maximum absolute atomic E-state index is 12.8. The van der Waals surface area contributed by atoms with Crippen LogP contribution in [0.25, 0.3) is 11.4 Å². The van der Waals surface area contributed by atoms with Crippen LogP contribution in [0.3, 0.4) is 0 Å². The monoisotopic (exact) mass is 430 g/mol. The summed E-state index contributed by atoms with van der Waals surface area (Å²) in [6.45, 7) is 2.20. The first-order valence-electron chi connectivity index (χ1n) is 9.37. The van der Waals surface area contributed by atoms with Crippen molar-refractivity contribution in [2.75, 3.05) is 31.6 Å². The number of nitrogens with one attached hydrogen (secondary N) is 1. The number of rotatable bonds is 7. The van der Waals surface area contributed by atoms with Crippen LogP contribution in [0.2, 0.25) is 0 Å². The largest absolute Gasteiger partial charge is 0.379 e. The number of sulfonamides is 1. The van der Waals surface area contributed by atoms with E-state index < -0.39 is 10.0 Å². The summed E-state index contributed by atoms with van der Waals surface area (Å²) >= 11 is 1.29. The van der Waals surface area contributed by atoms with Gasteiger partial charge in [0.25, 0.3) is 0 Å². The van der Waals surface area contributed by atoms with Crippen molar-refractivity contribution in [2.45, 2.75) is 12.3 Å². The lowest BCUT2D eigenvalue weighted by atomic mass is 10.1. The number of ether oxygens (including phenoxy) is 1. The predicted molar refractivity (Wildman–Crippen MR) is 114 cm³/mol. The zero-order chi connectivity index (χ0) is 20.1. The van der Waals surface area contributed by atoms with Crippen LogP contribution in [0, 0.1) is 0 Å². The van der Waals surface area contributed by atoms with Crippen LogP contribution in [-0.4, -0.2) is 48.4 Å². The van der Waals surface area contributed by atoms with Gasteiger partial charge in [-0.3, -0.25) is 0 Å². The summed E-state index contributed by atoms with van der Waals surface area (Å²) in [6, 6.07) is 17.4. The van der Waals surface area contributed by atoms with Gasteiger partial charge in [0.1, 0.15) is 0 Å². The summed E-state index contributed by atoms with van der Waals surface area (Å²) in [5.74, 6) is 0.664. The zero-order valence-electron chi connectivity index (χ0n) is 15.8. The fourth-order valence-corrected chi connectivity index (χ4v) is 5.30. The van der Waals surface area contributed by atoms with E-state index in [4.69, 9.17) is 4.74 Å². The van der Waals surface area contributed by atoms with Gasteiger partial charge in [-0.25, -0.2) is 8.42 Å². The number of nitrogens with zero attached hydrogens (tertiary/aromatic N) is 3. The van der Waals surface area contributed by atoms with Gasteiger partial charge >= 0.3 is 0 Å². The van der Waals surface area contributed by atoms with Gasteiger partial charge in [0.05, 0.1) is 19.0 Å². The van der Waals surface area contributed by atoms with E-state index in [9.17, 15) is 8.42 Å². The standard InChI is InChI=1S/C20H22N4O3S2/c25-29(26,24-10-12-27-13-11-24)15-18-9-5-4-8-17(18)14-21-20-22-19(23-28-20)16-6-2-1-3-7-16/h1-9H,10-15H2,(H,21,22,23). The van der Waals surface area contributed by atoms with Crippen LogP contribution in [0.15, 0.2) is 54.6 Å². The van der Waals surface area contributed by atoms with E-state index in [2.05, 4.69) is 14.7 Å². The third kappa shape index (κ3) is 4.99. The van der Waals surface area contributed by atoms with E-state index in [1.165, 1.54) is 15.8 Å². The number of hydrogen-bond acceptors (Lipinski definition) is 7. The van der Waals surface area contributed by atoms with Gasteiger partial charge in [0.2, 0.25) is 15.2 Å². The summed E-state index contributed by atoms with van der Waals surface area (Å²) in [7, 11) is -3.37. The lowest BCUT2D eigenvalue weighted by Crippen LogP contribution is -2.41. The molecule has 0 amide bonds. The normalized spacial score (nSPS) is 15.3. The first-order valence-corrected chi connectivity index (χ1v) is 11.8. The molecular formula is C20H22N4O3S2. The molecule has 0 unspecified atom stereocenters. The summed E-state index contributed by atoms with van der Waals surface area (Å²) in [4.78, 5) is 4.53.